The summed E-state index contributed by atoms with van der Waals surface area (Å²) in [5.41, 5.74) is -0.228. The summed E-state index contributed by atoms with van der Waals surface area (Å²) in [5.74, 6) is 0.337. The Hall–Kier alpha value is -1.60. The molecule has 0 bridgehead atoms. The van der Waals surface area contributed by atoms with Gasteiger partial charge in [-0.1, -0.05) is 13.0 Å². The highest BCUT2D eigenvalue weighted by Gasteiger charge is 2.19. The monoisotopic (exact) mass is 295 g/mol. The van der Waals surface area contributed by atoms with Crippen LogP contribution >= 0.6 is 23.1 Å². The Balaban J connectivity index is 2.57. The minimum atomic E-state index is -0.408. The van der Waals surface area contributed by atoms with Crippen LogP contribution in [-0.2, 0) is 0 Å². The molecule has 0 atom stereocenters. The lowest BCUT2D eigenvalue weighted by molar-refractivity contribution is 0.0952. The van der Waals surface area contributed by atoms with Gasteiger partial charge in [0.2, 0.25) is 0 Å². The molecule has 0 aliphatic carbocycles. The summed E-state index contributed by atoms with van der Waals surface area (Å²) >= 11 is 2.76. The number of fused-ring (bicyclic) bond motifs is 1. The predicted octanol–water partition coefficient (Wildman–Crippen LogP) is 1.78. The van der Waals surface area contributed by atoms with Crippen molar-refractivity contribution in [2.24, 2.45) is 0 Å². The molecular formula is C12H13N3O2S2. The van der Waals surface area contributed by atoms with Crippen LogP contribution < -0.4 is 10.9 Å². The number of nitrogens with zero attached hydrogens (tertiary/aromatic N) is 2. The molecule has 0 spiro atoms. The molecule has 0 aromatic carbocycles. The van der Waals surface area contributed by atoms with Gasteiger partial charge in [0, 0.05) is 18.1 Å². The van der Waals surface area contributed by atoms with Gasteiger partial charge in [0.15, 0.2) is 4.96 Å². The van der Waals surface area contributed by atoms with E-state index in [9.17, 15) is 9.59 Å². The van der Waals surface area contributed by atoms with Gasteiger partial charge in [0.1, 0.15) is 10.6 Å². The van der Waals surface area contributed by atoms with E-state index in [4.69, 9.17) is 0 Å². The number of thiazole rings is 1. The number of thioether (sulfide) groups is 1. The van der Waals surface area contributed by atoms with Crippen LogP contribution in [0.3, 0.4) is 0 Å². The first-order valence-electron chi connectivity index (χ1n) is 5.70. The zero-order chi connectivity index (χ0) is 13.8. The summed E-state index contributed by atoms with van der Waals surface area (Å²) in [6.07, 6.45) is 3.19. The van der Waals surface area contributed by atoms with E-state index < -0.39 is 5.91 Å². The van der Waals surface area contributed by atoms with Crippen molar-refractivity contribution < 1.29 is 4.79 Å². The molecule has 2 heterocycles. The maximum atomic E-state index is 12.3. The van der Waals surface area contributed by atoms with Crippen molar-refractivity contribution in [3.63, 3.8) is 0 Å². The second kappa shape index (κ2) is 6.03. The summed E-state index contributed by atoms with van der Waals surface area (Å²) in [5, 5.41) is 4.88. The van der Waals surface area contributed by atoms with E-state index in [0.29, 0.717) is 16.5 Å². The highest BCUT2D eigenvalue weighted by molar-refractivity contribution is 7.99. The second-order valence-corrected chi connectivity index (χ2v) is 5.71. The number of amides is 1. The number of carbonyl (C=O) groups excluding carboxylic acids is 1. The molecule has 5 nitrogen and oxygen atoms in total. The molecule has 2 aromatic heterocycles. The van der Waals surface area contributed by atoms with Gasteiger partial charge in [-0.05, 0) is 5.75 Å². The third-order valence-corrected chi connectivity index (χ3v) is 3.96. The number of hydrogen-bond acceptors (Lipinski definition) is 5. The molecule has 100 valence electrons. The Morgan fingerprint density at radius 1 is 1.68 bits per heavy atom. The van der Waals surface area contributed by atoms with Crippen LogP contribution in [0.1, 0.15) is 17.3 Å². The van der Waals surface area contributed by atoms with Gasteiger partial charge < -0.3 is 5.32 Å². The molecule has 0 aliphatic heterocycles. The minimum absolute atomic E-state index is 0.101. The first-order chi connectivity index (χ1) is 9.19. The summed E-state index contributed by atoms with van der Waals surface area (Å²) in [4.78, 5) is 29.4. The number of aromatic nitrogens is 2. The molecule has 1 amide bonds. The molecule has 0 radical (unpaired) electrons. The average Bonchev–Trinajstić information content (AvgIpc) is 2.85. The van der Waals surface area contributed by atoms with Gasteiger partial charge in [0.25, 0.3) is 11.5 Å². The maximum Gasteiger partial charge on any atom is 0.272 e. The van der Waals surface area contributed by atoms with Gasteiger partial charge in [-0.3, -0.25) is 14.0 Å². The predicted molar refractivity (Wildman–Crippen MR) is 78.3 cm³/mol. The Morgan fingerprint density at radius 3 is 3.16 bits per heavy atom. The maximum absolute atomic E-state index is 12.3. The van der Waals surface area contributed by atoms with Crippen LogP contribution in [0.4, 0.5) is 0 Å². The van der Waals surface area contributed by atoms with Crippen molar-refractivity contribution in [3.8, 4) is 0 Å². The van der Waals surface area contributed by atoms with E-state index in [1.165, 1.54) is 27.5 Å². The summed E-state index contributed by atoms with van der Waals surface area (Å²) < 4.78 is 1.40. The fraction of sp³-hybridized carbons (Fsp3) is 0.250. The van der Waals surface area contributed by atoms with Crippen LogP contribution in [0.15, 0.2) is 34.1 Å². The molecule has 0 aliphatic rings. The summed E-state index contributed by atoms with van der Waals surface area (Å²) in [6, 6.07) is 0. The van der Waals surface area contributed by atoms with E-state index in [-0.39, 0.29) is 11.1 Å². The molecule has 1 N–H and O–H groups in total. The first-order valence-corrected chi connectivity index (χ1v) is 7.57. The van der Waals surface area contributed by atoms with Gasteiger partial charge in [-0.15, -0.1) is 29.7 Å². The van der Waals surface area contributed by atoms with Crippen molar-refractivity contribution in [1.82, 2.24) is 14.7 Å². The lowest BCUT2D eigenvalue weighted by Gasteiger charge is -2.07. The third-order valence-electron chi connectivity index (χ3n) is 2.35. The minimum Gasteiger partial charge on any atom is -0.348 e. The van der Waals surface area contributed by atoms with Crippen molar-refractivity contribution in [2.75, 3.05) is 12.3 Å². The largest absolute Gasteiger partial charge is 0.348 e. The smallest absolute Gasteiger partial charge is 0.272 e. The molecule has 2 aromatic rings. The SMILES string of the molecule is C=CCNC(=O)c1c(SCC)nc2sccn2c1=O. The second-order valence-electron chi connectivity index (χ2n) is 3.58. The molecule has 2 rings (SSSR count). The van der Waals surface area contributed by atoms with Crippen LogP contribution in [0, 0.1) is 0 Å². The zero-order valence-corrected chi connectivity index (χ0v) is 12.0. The van der Waals surface area contributed by atoms with Gasteiger partial charge >= 0.3 is 0 Å². The molecule has 19 heavy (non-hydrogen) atoms. The zero-order valence-electron chi connectivity index (χ0n) is 10.4. The standard InChI is InChI=1S/C12H13N3O2S2/c1-3-5-13-9(16)8-10(18-4-2)14-12-15(11(8)17)6-7-19-12/h3,6-7H,1,4-5H2,2H3,(H,13,16). The molecule has 0 saturated heterocycles. The van der Waals surface area contributed by atoms with Gasteiger partial charge in [-0.25, -0.2) is 4.98 Å². The number of carbonyl (C=O) groups is 1. The topological polar surface area (TPSA) is 63.5 Å². The fourth-order valence-corrected chi connectivity index (χ4v) is 3.06. The van der Waals surface area contributed by atoms with Crippen LogP contribution in [0.2, 0.25) is 0 Å². The van der Waals surface area contributed by atoms with Gasteiger partial charge in [-0.2, -0.15) is 0 Å². The molecular weight excluding hydrogens is 282 g/mol. The van der Waals surface area contributed by atoms with E-state index in [2.05, 4.69) is 16.9 Å². The van der Waals surface area contributed by atoms with Crippen molar-refractivity contribution in [1.29, 1.82) is 0 Å². The lowest BCUT2D eigenvalue weighted by Crippen LogP contribution is -2.32. The Morgan fingerprint density at radius 2 is 2.47 bits per heavy atom. The van der Waals surface area contributed by atoms with Crippen molar-refractivity contribution >= 4 is 34.0 Å². The van der Waals surface area contributed by atoms with Crippen LogP contribution in [-0.4, -0.2) is 27.6 Å². The average molecular weight is 295 g/mol. The molecule has 7 heteroatoms. The molecule has 0 saturated carbocycles. The summed E-state index contributed by atoms with van der Waals surface area (Å²) in [7, 11) is 0. The highest BCUT2D eigenvalue weighted by atomic mass is 32.2. The summed E-state index contributed by atoms with van der Waals surface area (Å²) in [6.45, 7) is 5.80. The van der Waals surface area contributed by atoms with Crippen LogP contribution in [0.25, 0.3) is 4.96 Å². The van der Waals surface area contributed by atoms with Crippen molar-refractivity contribution in [3.05, 3.63) is 40.1 Å². The van der Waals surface area contributed by atoms with E-state index in [0.717, 1.165) is 5.75 Å². The van der Waals surface area contributed by atoms with E-state index >= 15 is 0 Å². The Bertz CT molecular complexity index is 675. The normalized spacial score (nSPS) is 10.6. The van der Waals surface area contributed by atoms with E-state index in [1.54, 1.807) is 17.7 Å². The van der Waals surface area contributed by atoms with E-state index in [1.807, 2.05) is 6.92 Å². The fourth-order valence-electron chi connectivity index (χ4n) is 1.55. The first kappa shape index (κ1) is 13.8. The molecule has 0 unspecified atom stereocenters. The number of nitrogens with one attached hydrogen (secondary N) is 1. The quantitative estimate of drug-likeness (QED) is 0.519. The van der Waals surface area contributed by atoms with Gasteiger partial charge in [0.05, 0.1) is 0 Å². The highest BCUT2D eigenvalue weighted by Crippen LogP contribution is 2.20. The number of hydrogen-bond donors (Lipinski definition) is 1. The van der Waals surface area contributed by atoms with Crippen molar-refractivity contribution in [2.45, 2.75) is 11.9 Å². The van der Waals surface area contributed by atoms with Crippen LogP contribution in [0.5, 0.6) is 0 Å². The molecule has 0 fully saturated rings. The third kappa shape index (κ3) is 2.71. The Kier molecular flexibility index (Phi) is 4.39. The lowest BCUT2D eigenvalue weighted by atomic mass is 10.3. The number of rotatable bonds is 5. The Labute approximate surface area is 118 Å².